The number of amides is 2. The molecule has 0 aromatic heterocycles. The lowest BCUT2D eigenvalue weighted by Gasteiger charge is -2.24. The van der Waals surface area contributed by atoms with Crippen LogP contribution in [-0.4, -0.2) is 37.0 Å². The molecule has 2 amide bonds. The Balaban J connectivity index is 4.56. The molecule has 0 aromatic carbocycles. The van der Waals surface area contributed by atoms with E-state index >= 15 is 0 Å². The van der Waals surface area contributed by atoms with Crippen LogP contribution in [-0.2, 0) is 19.1 Å². The van der Waals surface area contributed by atoms with Crippen LogP contribution in [0, 0.1) is 11.8 Å². The third kappa shape index (κ3) is 14.2. The molecule has 0 aliphatic rings. The van der Waals surface area contributed by atoms with Crippen molar-refractivity contribution in [2.24, 2.45) is 11.8 Å². The lowest BCUT2D eigenvalue weighted by Crippen LogP contribution is -2.52. The summed E-state index contributed by atoms with van der Waals surface area (Å²) in [6.07, 6.45) is 11.0. The molecule has 6 nitrogen and oxygen atoms in total. The van der Waals surface area contributed by atoms with E-state index in [9.17, 15) is 14.4 Å². The van der Waals surface area contributed by atoms with Gasteiger partial charge in [0.15, 0.2) is 0 Å². The lowest BCUT2D eigenvalue weighted by atomic mass is 10.00. The van der Waals surface area contributed by atoms with E-state index in [-0.39, 0.29) is 23.7 Å². The van der Waals surface area contributed by atoms with Gasteiger partial charge in [0.05, 0.1) is 7.11 Å². The first kappa shape index (κ1) is 28.1. The normalized spacial score (nSPS) is 13.0. The van der Waals surface area contributed by atoms with Gasteiger partial charge in [-0.1, -0.05) is 59.5 Å². The maximum absolute atomic E-state index is 12.8. The molecular formula is C24H44N2O4. The predicted octanol–water partition coefficient (Wildman–Crippen LogP) is 4.53. The van der Waals surface area contributed by atoms with E-state index in [0.717, 1.165) is 25.7 Å². The number of hydrogen-bond acceptors (Lipinski definition) is 4. The predicted molar refractivity (Wildman–Crippen MR) is 122 cm³/mol. The van der Waals surface area contributed by atoms with Gasteiger partial charge in [0, 0.05) is 6.42 Å². The Hall–Kier alpha value is -1.85. The summed E-state index contributed by atoms with van der Waals surface area (Å²) in [4.78, 5) is 37.2. The third-order valence-corrected chi connectivity index (χ3v) is 4.93. The number of unbranched alkanes of at least 4 members (excludes halogenated alkanes) is 6. The van der Waals surface area contributed by atoms with Gasteiger partial charge in [-0.3, -0.25) is 9.59 Å². The molecule has 0 saturated carbocycles. The Labute approximate surface area is 183 Å². The molecular weight excluding hydrogens is 380 g/mol. The fourth-order valence-corrected chi connectivity index (χ4v) is 3.35. The summed E-state index contributed by atoms with van der Waals surface area (Å²) in [6, 6.07) is -1.34. The highest BCUT2D eigenvalue weighted by Gasteiger charge is 2.28. The van der Waals surface area contributed by atoms with Crippen molar-refractivity contribution in [2.45, 2.75) is 104 Å². The van der Waals surface area contributed by atoms with Crippen molar-refractivity contribution in [3.8, 4) is 0 Å². The molecule has 0 radical (unpaired) electrons. The Kier molecular flexibility index (Phi) is 15.9. The molecule has 0 fully saturated rings. The molecule has 0 bridgehead atoms. The number of carbonyl (C=O) groups is 3. The van der Waals surface area contributed by atoms with Gasteiger partial charge in [-0.25, -0.2) is 4.79 Å². The second-order valence-corrected chi connectivity index (χ2v) is 8.91. The zero-order valence-corrected chi connectivity index (χ0v) is 19.8. The first-order chi connectivity index (χ1) is 14.2. The van der Waals surface area contributed by atoms with Crippen LogP contribution in [0.2, 0.25) is 0 Å². The van der Waals surface area contributed by atoms with E-state index in [4.69, 9.17) is 4.74 Å². The van der Waals surface area contributed by atoms with Gasteiger partial charge < -0.3 is 15.4 Å². The van der Waals surface area contributed by atoms with Crippen molar-refractivity contribution < 1.29 is 19.1 Å². The highest BCUT2D eigenvalue weighted by Crippen LogP contribution is 2.11. The van der Waals surface area contributed by atoms with Crippen molar-refractivity contribution in [1.82, 2.24) is 10.6 Å². The fourth-order valence-electron chi connectivity index (χ4n) is 3.35. The molecule has 0 spiro atoms. The number of rotatable bonds is 17. The molecule has 30 heavy (non-hydrogen) atoms. The zero-order chi connectivity index (χ0) is 22.9. The van der Waals surface area contributed by atoms with Crippen LogP contribution >= 0.6 is 0 Å². The summed E-state index contributed by atoms with van der Waals surface area (Å²) in [5, 5.41) is 5.64. The minimum absolute atomic E-state index is 0.110. The van der Waals surface area contributed by atoms with Gasteiger partial charge in [-0.2, -0.15) is 0 Å². The molecule has 0 aliphatic heterocycles. The molecule has 0 aromatic rings. The maximum Gasteiger partial charge on any atom is 0.328 e. The maximum atomic E-state index is 12.8. The number of nitrogens with one attached hydrogen (secondary N) is 2. The Bertz CT molecular complexity index is 517. The summed E-state index contributed by atoms with van der Waals surface area (Å²) < 4.78 is 4.82. The van der Waals surface area contributed by atoms with E-state index < -0.39 is 18.1 Å². The molecule has 174 valence electrons. The van der Waals surface area contributed by atoms with E-state index in [0.29, 0.717) is 19.3 Å². The van der Waals surface area contributed by atoms with Crippen LogP contribution in [0.1, 0.15) is 91.9 Å². The SMILES string of the molecule is C=CCCCCCCCCC(=O)N[C@H](CC(C)C)C(=O)N[C@H](CC(C)C)C(=O)OC. The molecule has 0 rings (SSSR count). The molecule has 2 atom stereocenters. The summed E-state index contributed by atoms with van der Waals surface area (Å²) in [5.74, 6) is -0.432. The third-order valence-electron chi connectivity index (χ3n) is 4.93. The Morgan fingerprint density at radius 2 is 1.37 bits per heavy atom. The van der Waals surface area contributed by atoms with Gasteiger partial charge in [-0.15, -0.1) is 6.58 Å². The number of hydrogen-bond donors (Lipinski definition) is 2. The van der Waals surface area contributed by atoms with Crippen LogP contribution in [0.15, 0.2) is 12.7 Å². The average molecular weight is 425 g/mol. The zero-order valence-electron chi connectivity index (χ0n) is 19.8. The first-order valence-corrected chi connectivity index (χ1v) is 11.5. The van der Waals surface area contributed by atoms with Crippen LogP contribution in [0.5, 0.6) is 0 Å². The van der Waals surface area contributed by atoms with E-state index in [1.807, 2.05) is 33.8 Å². The van der Waals surface area contributed by atoms with Crippen molar-refractivity contribution in [1.29, 1.82) is 0 Å². The highest BCUT2D eigenvalue weighted by atomic mass is 16.5. The smallest absolute Gasteiger partial charge is 0.328 e. The molecule has 0 saturated heterocycles. The quantitative estimate of drug-likeness (QED) is 0.204. The van der Waals surface area contributed by atoms with Gasteiger partial charge in [0.1, 0.15) is 12.1 Å². The van der Waals surface area contributed by atoms with Crippen LogP contribution < -0.4 is 10.6 Å². The van der Waals surface area contributed by atoms with E-state index in [1.165, 1.54) is 26.4 Å². The minimum atomic E-state index is -0.699. The van der Waals surface area contributed by atoms with Crippen LogP contribution in [0.25, 0.3) is 0 Å². The fraction of sp³-hybridized carbons (Fsp3) is 0.792. The second kappa shape index (κ2) is 16.9. The second-order valence-electron chi connectivity index (χ2n) is 8.91. The van der Waals surface area contributed by atoms with Crippen molar-refractivity contribution in [3.05, 3.63) is 12.7 Å². The standard InChI is InChI=1S/C24H44N2O4/c1-7-8-9-10-11-12-13-14-15-22(27)25-20(16-18(2)3)23(28)26-21(17-19(4)5)24(29)30-6/h7,18-21H,1,8-17H2,2-6H3,(H,25,27)(H,26,28)/t20-,21-/m1/s1. The summed E-state index contributed by atoms with van der Waals surface area (Å²) in [7, 11) is 1.31. The first-order valence-electron chi connectivity index (χ1n) is 11.5. The molecule has 2 N–H and O–H groups in total. The van der Waals surface area contributed by atoms with Gasteiger partial charge in [0.2, 0.25) is 11.8 Å². The Morgan fingerprint density at radius 3 is 1.90 bits per heavy atom. The molecule has 0 unspecified atom stereocenters. The summed E-state index contributed by atoms with van der Waals surface area (Å²) in [5.41, 5.74) is 0. The van der Waals surface area contributed by atoms with Crippen molar-refractivity contribution in [2.75, 3.05) is 7.11 Å². The Morgan fingerprint density at radius 1 is 0.833 bits per heavy atom. The topological polar surface area (TPSA) is 84.5 Å². The summed E-state index contributed by atoms with van der Waals surface area (Å²) >= 11 is 0. The number of allylic oxidation sites excluding steroid dienone is 1. The number of esters is 1. The van der Waals surface area contributed by atoms with Crippen molar-refractivity contribution in [3.63, 3.8) is 0 Å². The van der Waals surface area contributed by atoms with E-state index in [1.54, 1.807) is 0 Å². The van der Waals surface area contributed by atoms with Gasteiger partial charge >= 0.3 is 5.97 Å². The average Bonchev–Trinajstić information content (AvgIpc) is 2.67. The van der Waals surface area contributed by atoms with Crippen LogP contribution in [0.3, 0.4) is 0 Å². The number of methoxy groups -OCH3 is 1. The molecule has 6 heteroatoms. The van der Waals surface area contributed by atoms with Crippen molar-refractivity contribution >= 4 is 17.8 Å². The molecule has 0 aliphatic carbocycles. The van der Waals surface area contributed by atoms with Gasteiger partial charge in [0.25, 0.3) is 0 Å². The monoisotopic (exact) mass is 424 g/mol. The number of ether oxygens (including phenoxy) is 1. The molecule has 0 heterocycles. The van der Waals surface area contributed by atoms with Crippen LogP contribution in [0.4, 0.5) is 0 Å². The lowest BCUT2D eigenvalue weighted by molar-refractivity contribution is -0.145. The summed E-state index contributed by atoms with van der Waals surface area (Å²) in [6.45, 7) is 11.7. The number of carbonyl (C=O) groups excluding carboxylic acids is 3. The highest BCUT2D eigenvalue weighted by molar-refractivity contribution is 5.90. The minimum Gasteiger partial charge on any atom is -0.467 e. The largest absolute Gasteiger partial charge is 0.467 e. The van der Waals surface area contributed by atoms with E-state index in [2.05, 4.69) is 17.2 Å². The van der Waals surface area contributed by atoms with Gasteiger partial charge in [-0.05, 0) is 43.9 Å².